The van der Waals surface area contributed by atoms with E-state index in [9.17, 15) is 19.5 Å². The lowest BCUT2D eigenvalue weighted by Crippen LogP contribution is -2.68. The Labute approximate surface area is 174 Å². The second kappa shape index (κ2) is 7.54. The highest BCUT2D eigenvalue weighted by Gasteiger charge is 2.51. The molecule has 0 aromatic carbocycles. The number of nitrogens with two attached hydrogens (primary N) is 2. The van der Waals surface area contributed by atoms with Crippen LogP contribution >= 0.6 is 23.5 Å². The van der Waals surface area contributed by atoms with Gasteiger partial charge in [0.25, 0.3) is 0 Å². The summed E-state index contributed by atoms with van der Waals surface area (Å²) in [6.07, 6.45) is 8.91. The average Bonchev–Trinajstić information content (AvgIpc) is 3.08. The number of amides is 2. The monoisotopic (exact) mass is 434 g/mol. The molecule has 4 aliphatic heterocycles. The second-order valence-corrected chi connectivity index (χ2v) is 8.52. The fraction of sp³-hybridized carbons (Fsp3) is 0.235. The molecule has 1 saturated heterocycles. The molecule has 152 valence electrons. The minimum Gasteiger partial charge on any atom is -0.477 e. The second-order valence-electron chi connectivity index (χ2n) is 6.47. The van der Waals surface area contributed by atoms with Crippen LogP contribution in [-0.4, -0.2) is 61.4 Å². The van der Waals surface area contributed by atoms with E-state index in [0.717, 1.165) is 10.9 Å². The van der Waals surface area contributed by atoms with E-state index in [1.165, 1.54) is 28.4 Å². The minimum atomic E-state index is -1.14. The number of carboxylic acid groups (broad SMARTS) is 1. The third-order valence-electron chi connectivity index (χ3n) is 4.58. The van der Waals surface area contributed by atoms with Crippen LogP contribution in [0, 0.1) is 0 Å². The first-order chi connectivity index (χ1) is 13.9. The van der Waals surface area contributed by atoms with Gasteiger partial charge in [-0.25, -0.2) is 9.80 Å². The highest BCUT2D eigenvalue weighted by molar-refractivity contribution is 8.05. The molecule has 29 heavy (non-hydrogen) atoms. The van der Waals surface area contributed by atoms with Gasteiger partial charge in [-0.15, -0.1) is 11.8 Å². The highest BCUT2D eigenvalue weighted by Crippen LogP contribution is 2.40. The van der Waals surface area contributed by atoms with Crippen molar-refractivity contribution in [3.05, 3.63) is 58.2 Å². The van der Waals surface area contributed by atoms with Crippen molar-refractivity contribution in [2.24, 2.45) is 11.5 Å². The van der Waals surface area contributed by atoms with Gasteiger partial charge in [0.15, 0.2) is 0 Å². The van der Waals surface area contributed by atoms with Crippen LogP contribution in [0.3, 0.4) is 0 Å². The molecule has 6 N–H and O–H groups in total. The van der Waals surface area contributed by atoms with E-state index in [1.807, 2.05) is 12.2 Å². The molecule has 4 rings (SSSR count). The average molecular weight is 435 g/mol. The predicted molar refractivity (Wildman–Crippen MR) is 109 cm³/mol. The molecule has 2 amide bonds. The summed E-state index contributed by atoms with van der Waals surface area (Å²) in [5, 5.41) is 13.6. The van der Waals surface area contributed by atoms with Crippen LogP contribution in [0.25, 0.3) is 0 Å². The van der Waals surface area contributed by atoms with Crippen molar-refractivity contribution >= 4 is 41.3 Å². The number of fused-ring (bicyclic) bond motifs is 2. The van der Waals surface area contributed by atoms with Crippen molar-refractivity contribution in [3.8, 4) is 0 Å². The largest absolute Gasteiger partial charge is 0.477 e. The van der Waals surface area contributed by atoms with E-state index < -0.39 is 17.9 Å². The van der Waals surface area contributed by atoms with E-state index in [4.69, 9.17) is 11.5 Å². The van der Waals surface area contributed by atoms with Crippen LogP contribution in [0.2, 0.25) is 0 Å². The summed E-state index contributed by atoms with van der Waals surface area (Å²) in [6, 6.07) is -0.644. The molecule has 12 heteroatoms. The lowest BCUT2D eigenvalue weighted by molar-refractivity contribution is -0.147. The maximum atomic E-state index is 12.0. The van der Waals surface area contributed by atoms with Crippen molar-refractivity contribution < 1.29 is 19.5 Å². The predicted octanol–water partition coefficient (Wildman–Crippen LogP) is -0.410. The van der Waals surface area contributed by atoms with Crippen molar-refractivity contribution in [1.82, 2.24) is 20.2 Å². The first-order valence-corrected chi connectivity index (χ1v) is 10.5. The summed E-state index contributed by atoms with van der Waals surface area (Å²) in [7, 11) is 0. The number of primary amides is 1. The van der Waals surface area contributed by atoms with Gasteiger partial charge in [-0.1, -0.05) is 11.8 Å². The summed E-state index contributed by atoms with van der Waals surface area (Å²) in [5.41, 5.74) is 14.7. The first kappa shape index (κ1) is 19.5. The topological polar surface area (TPSA) is 145 Å². The normalized spacial score (nSPS) is 25.4. The van der Waals surface area contributed by atoms with Crippen molar-refractivity contribution in [2.75, 3.05) is 12.3 Å². The number of carbonyl (C=O) groups is 3. The van der Waals surface area contributed by atoms with E-state index >= 15 is 0 Å². The van der Waals surface area contributed by atoms with Gasteiger partial charge in [-0.2, -0.15) is 0 Å². The Morgan fingerprint density at radius 2 is 2.17 bits per heavy atom. The number of rotatable bonds is 6. The zero-order chi connectivity index (χ0) is 20.7. The number of hydrazine groups is 1. The Kier molecular flexibility index (Phi) is 5.06. The molecule has 2 atom stereocenters. The summed E-state index contributed by atoms with van der Waals surface area (Å²) in [4.78, 5) is 37.7. The summed E-state index contributed by atoms with van der Waals surface area (Å²) in [6.45, 7) is 0.0837. The number of aliphatic carboxylic acids is 1. The lowest BCUT2D eigenvalue weighted by atomic mass is 10.0. The molecule has 0 spiro atoms. The Balaban J connectivity index is 1.45. The standard InChI is InChI=1S/C17H18N6O4S2/c18-10(24)7-21-4-5-22-12(21)2-1-11(20-22)28-6-3-9-8-29-16-13(19)15(25)23(16)14(9)17(26)27/h1-6,13,16,20H,7-8,19H2,(H2,18,24)(H,26,27)/b6-3+/t13-,16+/m1/s1. The van der Waals surface area contributed by atoms with E-state index in [2.05, 4.69) is 5.43 Å². The molecule has 1 fully saturated rings. The molecule has 0 unspecified atom stereocenters. The molecule has 0 aliphatic carbocycles. The van der Waals surface area contributed by atoms with Crippen molar-refractivity contribution in [1.29, 1.82) is 0 Å². The molecule has 0 bridgehead atoms. The third kappa shape index (κ3) is 3.50. The van der Waals surface area contributed by atoms with Gasteiger partial charge in [-0.3, -0.25) is 19.9 Å². The van der Waals surface area contributed by atoms with Gasteiger partial charge < -0.3 is 21.5 Å². The van der Waals surface area contributed by atoms with Gasteiger partial charge in [-0.05, 0) is 29.2 Å². The third-order valence-corrected chi connectivity index (χ3v) is 6.66. The fourth-order valence-electron chi connectivity index (χ4n) is 3.24. The number of hydrogen-bond donors (Lipinski definition) is 4. The van der Waals surface area contributed by atoms with Crippen LogP contribution in [0.5, 0.6) is 0 Å². The van der Waals surface area contributed by atoms with Crippen LogP contribution in [0.15, 0.2) is 58.2 Å². The maximum absolute atomic E-state index is 12.0. The smallest absolute Gasteiger partial charge is 0.352 e. The Morgan fingerprint density at radius 3 is 2.90 bits per heavy atom. The summed E-state index contributed by atoms with van der Waals surface area (Å²) >= 11 is 2.82. The number of hydrogen-bond acceptors (Lipinski definition) is 9. The number of allylic oxidation sites excluding steroid dienone is 3. The van der Waals surface area contributed by atoms with E-state index in [1.54, 1.807) is 33.8 Å². The number of nitrogens with zero attached hydrogens (tertiary/aromatic N) is 3. The van der Waals surface area contributed by atoms with Gasteiger partial charge in [0, 0.05) is 18.2 Å². The molecule has 0 aromatic rings. The van der Waals surface area contributed by atoms with Gasteiger partial charge in [0.2, 0.25) is 11.8 Å². The Morgan fingerprint density at radius 1 is 1.38 bits per heavy atom. The zero-order valence-corrected chi connectivity index (χ0v) is 16.7. The van der Waals surface area contributed by atoms with Crippen LogP contribution in [0.1, 0.15) is 0 Å². The van der Waals surface area contributed by atoms with Crippen molar-refractivity contribution in [3.63, 3.8) is 0 Å². The lowest BCUT2D eigenvalue weighted by Gasteiger charge is -2.47. The number of nitrogens with one attached hydrogen (secondary N) is 1. The quantitative estimate of drug-likeness (QED) is 0.407. The number of thioether (sulfide) groups is 2. The summed E-state index contributed by atoms with van der Waals surface area (Å²) < 4.78 is 0. The molecule has 4 aliphatic rings. The van der Waals surface area contributed by atoms with Gasteiger partial charge in [0.1, 0.15) is 29.5 Å². The molecule has 10 nitrogen and oxygen atoms in total. The molecule has 0 aromatic heterocycles. The SMILES string of the molecule is NC(=O)CN1C=CN2NC(S/C=C/C3=C(C(=O)O)N4C(=O)[C@@H](N)[C@@H]4SC3)=CC=C12. The van der Waals surface area contributed by atoms with Gasteiger partial charge in [0.05, 0.1) is 5.03 Å². The summed E-state index contributed by atoms with van der Waals surface area (Å²) in [5.74, 6) is -0.696. The number of carboxylic acids is 1. The fourth-order valence-corrected chi connectivity index (χ4v) is 5.18. The van der Waals surface area contributed by atoms with E-state index in [0.29, 0.717) is 11.3 Å². The van der Waals surface area contributed by atoms with E-state index in [-0.39, 0.29) is 23.5 Å². The maximum Gasteiger partial charge on any atom is 0.352 e. The van der Waals surface area contributed by atoms with Crippen LogP contribution < -0.4 is 16.9 Å². The number of β-lactam (4-membered cyclic amide) rings is 1. The molecule has 4 heterocycles. The molecule has 0 radical (unpaired) electrons. The van der Waals surface area contributed by atoms with Crippen molar-refractivity contribution in [2.45, 2.75) is 11.4 Å². The van der Waals surface area contributed by atoms with Crippen LogP contribution in [0.4, 0.5) is 0 Å². The molecular formula is C17H18N6O4S2. The molecule has 0 saturated carbocycles. The Bertz CT molecular complexity index is 940. The zero-order valence-electron chi connectivity index (χ0n) is 15.0. The Hall–Kier alpha value is -2.83. The first-order valence-electron chi connectivity index (χ1n) is 8.58. The molecular weight excluding hydrogens is 416 g/mol. The highest BCUT2D eigenvalue weighted by atomic mass is 32.2. The van der Waals surface area contributed by atoms with Gasteiger partial charge >= 0.3 is 5.97 Å². The van der Waals surface area contributed by atoms with Crippen LogP contribution in [-0.2, 0) is 14.4 Å². The minimum absolute atomic E-state index is 0.00497. The number of carbonyl (C=O) groups excluding carboxylic acids is 2.